The summed E-state index contributed by atoms with van der Waals surface area (Å²) in [6, 6.07) is 26.8. The Kier molecular flexibility index (Phi) is 10.8. The number of carbonyl (C=O) groups is 1. The minimum Gasteiger partial charge on any atom is -0.496 e. The van der Waals surface area contributed by atoms with E-state index < -0.39 is 0 Å². The monoisotopic (exact) mass is 580 g/mol. The number of piperidine rings is 1. The molecule has 4 aromatic carbocycles. The smallest absolute Gasteiger partial charge is 0.262 e. The normalized spacial score (nSPS) is 13.0. The number of methoxy groups -OCH3 is 1. The number of nitrogen functional groups attached to an aromatic ring is 1. The molecule has 0 radical (unpaired) electrons. The molecule has 1 amide bonds. The minimum atomic E-state index is -0.160. The lowest BCUT2D eigenvalue weighted by atomic mass is 10.0. The van der Waals surface area contributed by atoms with Crippen LogP contribution in [0, 0.1) is 5.41 Å². The number of amides is 1. The number of para-hydroxylation sites is 1. The molecular weight excluding hydrogens is 547 g/mol. The molecule has 40 heavy (non-hydrogen) atoms. The van der Waals surface area contributed by atoms with Gasteiger partial charge in [-0.25, -0.2) is 0 Å². The quantitative estimate of drug-likeness (QED) is 0.176. The fourth-order valence-corrected chi connectivity index (χ4v) is 4.80. The van der Waals surface area contributed by atoms with Gasteiger partial charge in [-0.1, -0.05) is 36.4 Å². The molecule has 4 aromatic rings. The van der Waals surface area contributed by atoms with Crippen LogP contribution < -0.4 is 25.4 Å². The fraction of sp³-hybridized carbons (Fsp3) is 0.226. The Morgan fingerprint density at radius 2 is 1.65 bits per heavy atom. The third kappa shape index (κ3) is 7.04. The molecule has 9 heteroatoms. The molecule has 0 atom stereocenters. The van der Waals surface area contributed by atoms with E-state index in [9.17, 15) is 4.79 Å². The van der Waals surface area contributed by atoms with Crippen LogP contribution in [0.5, 0.6) is 11.5 Å². The number of halogens is 2. The van der Waals surface area contributed by atoms with Gasteiger partial charge in [0.1, 0.15) is 23.4 Å². The molecule has 210 valence electrons. The van der Waals surface area contributed by atoms with E-state index >= 15 is 0 Å². The number of nitrogens with one attached hydrogen (secondary N) is 2. The van der Waals surface area contributed by atoms with Gasteiger partial charge >= 0.3 is 0 Å². The molecule has 1 heterocycles. The van der Waals surface area contributed by atoms with Crippen molar-refractivity contribution in [3.8, 4) is 11.5 Å². The van der Waals surface area contributed by atoms with Crippen molar-refractivity contribution in [3.63, 3.8) is 0 Å². The maximum atomic E-state index is 13.9. The number of nitrogens with two attached hydrogens (primary N) is 1. The standard InChI is InChI=1S/C31H32N4O3.2ClH/c1-37-29-5-3-2-4-28(29)31(36)35(25-10-12-26(13-11-25)38-27-14-16-34-17-15-27)20-21-6-7-22-8-9-23(30(32)33)19-24(22)18-21;;/h2-13,18-19,27,34H,14-17,20H2,1H3,(H3,32,33);2*1H. The second kappa shape index (κ2) is 14.0. The lowest BCUT2D eigenvalue weighted by molar-refractivity contribution is 0.0982. The number of hydrogen-bond acceptors (Lipinski definition) is 5. The van der Waals surface area contributed by atoms with Gasteiger partial charge in [0.05, 0.1) is 19.2 Å². The number of anilines is 1. The summed E-state index contributed by atoms with van der Waals surface area (Å²) in [5.41, 5.74) is 8.58. The van der Waals surface area contributed by atoms with Crippen LogP contribution in [0.15, 0.2) is 84.9 Å². The summed E-state index contributed by atoms with van der Waals surface area (Å²) in [7, 11) is 1.57. The second-order valence-electron chi connectivity index (χ2n) is 9.46. The van der Waals surface area contributed by atoms with Crippen LogP contribution >= 0.6 is 24.8 Å². The third-order valence-corrected chi connectivity index (χ3v) is 6.88. The second-order valence-corrected chi connectivity index (χ2v) is 9.46. The highest BCUT2D eigenvalue weighted by molar-refractivity contribution is 6.08. The summed E-state index contributed by atoms with van der Waals surface area (Å²) in [6.07, 6.45) is 2.16. The van der Waals surface area contributed by atoms with Crippen molar-refractivity contribution in [1.29, 1.82) is 5.41 Å². The molecule has 4 N–H and O–H groups in total. The van der Waals surface area contributed by atoms with Crippen LogP contribution in [0.3, 0.4) is 0 Å². The summed E-state index contributed by atoms with van der Waals surface area (Å²) in [5, 5.41) is 13.1. The first kappa shape index (κ1) is 30.8. The highest BCUT2D eigenvalue weighted by Gasteiger charge is 2.22. The van der Waals surface area contributed by atoms with Gasteiger partial charge in [0.15, 0.2) is 0 Å². The van der Waals surface area contributed by atoms with Crippen LogP contribution in [-0.2, 0) is 6.54 Å². The number of ether oxygens (including phenoxy) is 2. The first-order valence-corrected chi connectivity index (χ1v) is 12.8. The van der Waals surface area contributed by atoms with Crippen LogP contribution in [0.4, 0.5) is 5.69 Å². The highest BCUT2D eigenvalue weighted by atomic mass is 35.5. The number of hydrogen-bond donors (Lipinski definition) is 3. The molecule has 0 spiro atoms. The average Bonchev–Trinajstić information content (AvgIpc) is 2.96. The molecule has 0 aliphatic carbocycles. The Hall–Kier alpha value is -3.78. The van der Waals surface area contributed by atoms with Crippen molar-refractivity contribution < 1.29 is 14.3 Å². The van der Waals surface area contributed by atoms with Crippen molar-refractivity contribution in [2.45, 2.75) is 25.5 Å². The van der Waals surface area contributed by atoms with E-state index in [1.54, 1.807) is 24.1 Å². The number of carbonyl (C=O) groups excluding carboxylic acids is 1. The number of fused-ring (bicyclic) bond motifs is 1. The molecule has 0 saturated carbocycles. The van der Waals surface area contributed by atoms with Crippen molar-refractivity contribution in [3.05, 3.63) is 102 Å². The first-order valence-electron chi connectivity index (χ1n) is 12.8. The zero-order valence-electron chi connectivity index (χ0n) is 22.3. The van der Waals surface area contributed by atoms with E-state index in [4.69, 9.17) is 20.6 Å². The molecule has 1 fully saturated rings. The SMILES string of the molecule is COc1ccccc1C(=O)N(Cc1ccc2ccc(C(=N)N)cc2c1)c1ccc(OC2CCNCC2)cc1.Cl.Cl. The minimum absolute atomic E-state index is 0. The van der Waals surface area contributed by atoms with Gasteiger partial charge in [0, 0.05) is 11.3 Å². The van der Waals surface area contributed by atoms with Crippen molar-refractivity contribution in [1.82, 2.24) is 5.32 Å². The van der Waals surface area contributed by atoms with E-state index in [1.165, 1.54) is 0 Å². The third-order valence-electron chi connectivity index (χ3n) is 6.88. The molecule has 0 bridgehead atoms. The lowest BCUT2D eigenvalue weighted by Crippen LogP contribution is -2.34. The molecule has 0 unspecified atom stereocenters. The van der Waals surface area contributed by atoms with Crippen molar-refractivity contribution in [2.75, 3.05) is 25.1 Å². The topological polar surface area (TPSA) is 101 Å². The van der Waals surface area contributed by atoms with E-state index in [0.717, 1.165) is 53.7 Å². The first-order chi connectivity index (χ1) is 18.5. The van der Waals surface area contributed by atoms with Gasteiger partial charge in [-0.3, -0.25) is 10.2 Å². The Morgan fingerprint density at radius 1 is 0.950 bits per heavy atom. The number of rotatable bonds is 8. The predicted molar refractivity (Wildman–Crippen MR) is 166 cm³/mol. The highest BCUT2D eigenvalue weighted by Crippen LogP contribution is 2.28. The molecule has 1 aliphatic heterocycles. The van der Waals surface area contributed by atoms with E-state index in [0.29, 0.717) is 23.4 Å². The zero-order chi connectivity index (χ0) is 26.5. The maximum Gasteiger partial charge on any atom is 0.262 e. The largest absolute Gasteiger partial charge is 0.496 e. The summed E-state index contributed by atoms with van der Waals surface area (Å²) in [4.78, 5) is 15.7. The van der Waals surface area contributed by atoms with E-state index in [-0.39, 0.29) is 42.7 Å². The average molecular weight is 582 g/mol. The van der Waals surface area contributed by atoms with Gasteiger partial charge in [-0.05, 0) is 90.8 Å². The summed E-state index contributed by atoms with van der Waals surface area (Å²) >= 11 is 0. The van der Waals surface area contributed by atoms with Crippen molar-refractivity contribution in [2.24, 2.45) is 5.73 Å². The molecule has 1 aliphatic rings. The predicted octanol–water partition coefficient (Wildman–Crippen LogP) is 5.95. The van der Waals surface area contributed by atoms with E-state index in [1.807, 2.05) is 72.8 Å². The number of benzene rings is 4. The van der Waals surface area contributed by atoms with Crippen LogP contribution in [0.25, 0.3) is 10.8 Å². The summed E-state index contributed by atoms with van der Waals surface area (Å²) in [5.74, 6) is 1.19. The Labute approximate surface area is 247 Å². The zero-order valence-corrected chi connectivity index (χ0v) is 23.9. The Morgan fingerprint density at radius 3 is 2.35 bits per heavy atom. The number of amidine groups is 1. The Balaban J connectivity index is 0.00000220. The van der Waals surface area contributed by atoms with Gasteiger partial charge in [-0.2, -0.15) is 0 Å². The van der Waals surface area contributed by atoms with Crippen LogP contribution in [0.1, 0.15) is 34.3 Å². The molecular formula is C31H34Cl2N4O3. The van der Waals surface area contributed by atoms with Crippen LogP contribution in [0.2, 0.25) is 0 Å². The van der Waals surface area contributed by atoms with E-state index in [2.05, 4.69) is 5.32 Å². The van der Waals surface area contributed by atoms with Gasteiger partial charge in [-0.15, -0.1) is 24.8 Å². The summed E-state index contributed by atoms with van der Waals surface area (Å²) in [6.45, 7) is 2.28. The fourth-order valence-electron chi connectivity index (χ4n) is 4.80. The molecule has 1 saturated heterocycles. The van der Waals surface area contributed by atoms with Gasteiger partial charge in [0.25, 0.3) is 5.91 Å². The van der Waals surface area contributed by atoms with Gasteiger partial charge in [0.2, 0.25) is 0 Å². The lowest BCUT2D eigenvalue weighted by Gasteiger charge is -2.26. The molecule has 7 nitrogen and oxygen atoms in total. The van der Waals surface area contributed by atoms with Gasteiger partial charge < -0.3 is 25.4 Å². The molecule has 0 aromatic heterocycles. The van der Waals surface area contributed by atoms with Crippen molar-refractivity contribution >= 4 is 53.0 Å². The Bertz CT molecular complexity index is 1460. The molecule has 5 rings (SSSR count). The van der Waals surface area contributed by atoms with Crippen LogP contribution in [-0.4, -0.2) is 38.0 Å². The number of nitrogens with zero attached hydrogens (tertiary/aromatic N) is 1. The summed E-state index contributed by atoms with van der Waals surface area (Å²) < 4.78 is 11.7. The maximum absolute atomic E-state index is 13.9.